The quantitative estimate of drug-likeness (QED) is 0.0573. The Morgan fingerprint density at radius 2 is 1.20 bits per heavy atom. The van der Waals surface area contributed by atoms with Gasteiger partial charge in [0.05, 0.1) is 44.7 Å². The Bertz CT molecular complexity index is 760. The smallest absolute Gasteiger partial charge is 0.460 e. The summed E-state index contributed by atoms with van der Waals surface area (Å²) in [7, 11) is 1.98. The lowest BCUT2D eigenvalue weighted by molar-refractivity contribution is -0.138. The van der Waals surface area contributed by atoms with Gasteiger partial charge in [0.1, 0.15) is 19.3 Å². The van der Waals surface area contributed by atoms with E-state index >= 15 is 0 Å². The lowest BCUT2D eigenvalue weighted by atomic mass is 10.3. The van der Waals surface area contributed by atoms with E-state index in [0.29, 0.717) is 32.2 Å². The molecule has 0 spiro atoms. The highest BCUT2D eigenvalue weighted by Gasteiger charge is 2.36. The maximum atomic E-state index is 11.9. The lowest BCUT2D eigenvalue weighted by Gasteiger charge is -2.24. The average Bonchev–Trinajstić information content (AvgIpc) is 2.95. The highest BCUT2D eigenvalue weighted by atomic mass is 28.4. The Balaban J connectivity index is 3.94. The van der Waals surface area contributed by atoms with Crippen LogP contribution in [0.3, 0.4) is 0 Å². The zero-order chi connectivity index (χ0) is 31.3. The van der Waals surface area contributed by atoms with Crippen molar-refractivity contribution >= 4 is 27.0 Å². The molecule has 2 amide bonds. The molecule has 0 fully saturated rings. The van der Waals surface area contributed by atoms with Crippen LogP contribution in [0.1, 0.15) is 41.0 Å². The lowest BCUT2D eigenvalue weighted by Crippen LogP contribution is -2.43. The van der Waals surface area contributed by atoms with Gasteiger partial charge in [0.25, 0.3) is 0 Å². The summed E-state index contributed by atoms with van der Waals surface area (Å²) < 4.78 is 48.4. The summed E-state index contributed by atoms with van der Waals surface area (Å²) in [5.74, 6) is -0.517. The molecule has 0 aliphatic rings. The van der Waals surface area contributed by atoms with E-state index in [2.05, 4.69) is 17.2 Å². The maximum absolute atomic E-state index is 11.9. The number of nitrogens with one attached hydrogen (secondary N) is 2. The number of rotatable bonds is 23. The van der Waals surface area contributed by atoms with Crippen molar-refractivity contribution in [2.45, 2.75) is 71.5 Å². The van der Waals surface area contributed by atoms with Crippen molar-refractivity contribution in [3.63, 3.8) is 0 Å². The van der Waals surface area contributed by atoms with Gasteiger partial charge in [-0.15, -0.1) is 0 Å². The number of hydrogen-bond donors (Lipinski definition) is 2. The van der Waals surface area contributed by atoms with Crippen LogP contribution in [0.15, 0.2) is 12.2 Å². The van der Waals surface area contributed by atoms with Gasteiger partial charge in [-0.25, -0.2) is 14.4 Å². The summed E-state index contributed by atoms with van der Waals surface area (Å²) in [5, 5.41) is 5.17. The van der Waals surface area contributed by atoms with Crippen LogP contribution in [0.2, 0.25) is 6.04 Å². The molecule has 0 aliphatic heterocycles. The van der Waals surface area contributed by atoms with Crippen LogP contribution in [-0.4, -0.2) is 119 Å². The highest BCUT2D eigenvalue weighted by Crippen LogP contribution is 2.14. The first-order valence-corrected chi connectivity index (χ1v) is 15.5. The van der Waals surface area contributed by atoms with E-state index < -0.39 is 33.1 Å². The third-order valence-electron chi connectivity index (χ3n) is 5.42. The topological polar surface area (TPSA) is 158 Å². The van der Waals surface area contributed by atoms with Gasteiger partial charge in [-0.1, -0.05) is 6.58 Å². The predicted molar refractivity (Wildman–Crippen MR) is 152 cm³/mol. The van der Waals surface area contributed by atoms with E-state index in [0.717, 1.165) is 0 Å². The first kappa shape index (κ1) is 38.7. The van der Waals surface area contributed by atoms with E-state index in [1.165, 1.54) is 0 Å². The summed E-state index contributed by atoms with van der Waals surface area (Å²) in [6, 6.07) is 0.569. The summed E-state index contributed by atoms with van der Waals surface area (Å²) in [4.78, 5) is 35.0. The Labute approximate surface area is 245 Å². The number of carbonyl (C=O) groups is 3. The second-order valence-electron chi connectivity index (χ2n) is 9.41. The van der Waals surface area contributed by atoms with Crippen LogP contribution < -0.4 is 10.6 Å². The second-order valence-corrected chi connectivity index (χ2v) is 12.5. The van der Waals surface area contributed by atoms with Crippen molar-refractivity contribution in [2.75, 3.05) is 67.5 Å². The fourth-order valence-electron chi connectivity index (χ4n) is 3.02. The summed E-state index contributed by atoms with van der Waals surface area (Å²) in [6.07, 6.45) is -1.83. The molecule has 4 atom stereocenters. The average molecular weight is 611 g/mol. The predicted octanol–water partition coefficient (Wildman–Crippen LogP) is 2.43. The molecule has 2 N–H and O–H groups in total. The van der Waals surface area contributed by atoms with Gasteiger partial charge < -0.3 is 52.3 Å². The third-order valence-corrected chi connectivity index (χ3v) is 8.25. The Morgan fingerprint density at radius 3 is 1.71 bits per heavy atom. The second kappa shape index (κ2) is 22.3. The molecule has 0 aliphatic carbocycles. The Hall–Kier alpha value is -2.27. The van der Waals surface area contributed by atoms with E-state index in [1.807, 2.05) is 13.8 Å². The number of esters is 1. The van der Waals surface area contributed by atoms with Gasteiger partial charge in [-0.05, 0) is 41.0 Å². The molecule has 0 aromatic carbocycles. The van der Waals surface area contributed by atoms with Crippen LogP contribution in [0, 0.1) is 0 Å². The zero-order valence-corrected chi connectivity index (χ0v) is 26.8. The van der Waals surface area contributed by atoms with Crippen LogP contribution in [0.5, 0.6) is 0 Å². The fraction of sp³-hybridized carbons (Fsp3) is 0.808. The Morgan fingerprint density at radius 1 is 0.707 bits per heavy atom. The molecule has 0 aromatic heterocycles. The number of amides is 2. The summed E-state index contributed by atoms with van der Waals surface area (Å²) in [5.41, 5.74) is 0.286. The fourth-order valence-corrected chi connectivity index (χ4v) is 4.74. The first-order chi connectivity index (χ1) is 19.4. The van der Waals surface area contributed by atoms with Crippen molar-refractivity contribution in [3.8, 4) is 0 Å². The maximum Gasteiger partial charge on any atom is 0.500 e. The van der Waals surface area contributed by atoms with Crippen molar-refractivity contribution in [3.05, 3.63) is 12.2 Å². The molecule has 0 aromatic rings. The van der Waals surface area contributed by atoms with Crippen molar-refractivity contribution in [2.24, 2.45) is 0 Å². The van der Waals surface area contributed by atoms with Gasteiger partial charge in [0.15, 0.2) is 0 Å². The molecular weight excluding hydrogens is 560 g/mol. The standard InChI is InChI=1S/C26H50N2O12Si/c1-19(2)24(29)35-13-12-28-26(31)40-23(6)18-38-21(4)16-36-20(3)15-37-22(5)17-39-25(30)27-11-10-14-41(32-7,33-8)34-9/h20-23H,1,10-18H2,2-9H3,(H,27,30)(H,28,31). The molecule has 240 valence electrons. The minimum absolute atomic E-state index is 0.0195. The molecule has 4 unspecified atom stereocenters. The minimum atomic E-state index is -2.65. The minimum Gasteiger partial charge on any atom is -0.460 e. The van der Waals surface area contributed by atoms with Crippen LogP contribution in [-0.2, 0) is 46.5 Å². The van der Waals surface area contributed by atoms with Crippen LogP contribution in [0.25, 0.3) is 0 Å². The van der Waals surface area contributed by atoms with E-state index in [9.17, 15) is 14.4 Å². The molecule has 0 saturated heterocycles. The zero-order valence-electron chi connectivity index (χ0n) is 25.8. The third kappa shape index (κ3) is 19.5. The SMILES string of the molecule is C=C(C)C(=O)OCCNC(=O)OC(C)COC(C)COC(C)COC(C)COC(=O)NCCC[Si](OC)(OC)OC. The normalized spacial score (nSPS) is 14.3. The monoisotopic (exact) mass is 610 g/mol. The molecular formula is C26H50N2O12Si. The number of ether oxygens (including phenoxy) is 6. The van der Waals surface area contributed by atoms with Crippen molar-refractivity contribution in [1.29, 1.82) is 0 Å². The highest BCUT2D eigenvalue weighted by molar-refractivity contribution is 6.60. The van der Waals surface area contributed by atoms with Crippen LogP contribution >= 0.6 is 0 Å². The van der Waals surface area contributed by atoms with Gasteiger partial charge in [0, 0.05) is 39.5 Å². The largest absolute Gasteiger partial charge is 0.500 e. The van der Waals surface area contributed by atoms with Crippen molar-refractivity contribution < 1.29 is 56.1 Å². The Kier molecular flexibility index (Phi) is 21.1. The summed E-state index contributed by atoms with van der Waals surface area (Å²) >= 11 is 0. The van der Waals surface area contributed by atoms with Gasteiger partial charge in [-0.2, -0.15) is 0 Å². The molecule has 0 heterocycles. The van der Waals surface area contributed by atoms with Crippen molar-refractivity contribution in [1.82, 2.24) is 10.6 Å². The number of carbonyl (C=O) groups excluding carboxylic acids is 3. The van der Waals surface area contributed by atoms with E-state index in [1.54, 1.807) is 42.1 Å². The molecule has 0 saturated carbocycles. The van der Waals surface area contributed by atoms with Gasteiger partial charge >= 0.3 is 27.0 Å². The molecule has 15 heteroatoms. The molecule has 0 rings (SSSR count). The van der Waals surface area contributed by atoms with E-state index in [4.69, 9.17) is 41.7 Å². The molecule has 0 bridgehead atoms. The number of alkyl carbamates (subject to hydrolysis) is 2. The summed E-state index contributed by atoms with van der Waals surface area (Å²) in [6.45, 7) is 13.6. The molecule has 41 heavy (non-hydrogen) atoms. The first-order valence-electron chi connectivity index (χ1n) is 13.6. The van der Waals surface area contributed by atoms with Crippen LogP contribution in [0.4, 0.5) is 9.59 Å². The van der Waals surface area contributed by atoms with E-state index in [-0.39, 0.29) is 50.3 Å². The number of hydrogen-bond acceptors (Lipinski definition) is 12. The van der Waals surface area contributed by atoms with Gasteiger partial charge in [-0.3, -0.25) is 0 Å². The molecule has 14 nitrogen and oxygen atoms in total. The molecule has 0 radical (unpaired) electrons. The van der Waals surface area contributed by atoms with Gasteiger partial charge in [0.2, 0.25) is 0 Å².